The van der Waals surface area contributed by atoms with Crippen molar-refractivity contribution in [1.82, 2.24) is 4.98 Å². The van der Waals surface area contributed by atoms with Crippen molar-refractivity contribution < 1.29 is 4.42 Å². The van der Waals surface area contributed by atoms with Gasteiger partial charge >= 0.3 is 0 Å². The van der Waals surface area contributed by atoms with Crippen LogP contribution in [0.2, 0.25) is 0 Å². The average Bonchev–Trinajstić information content (AvgIpc) is 2.94. The molecule has 2 heterocycles. The largest absolute Gasteiger partial charge is 0.455 e. The van der Waals surface area contributed by atoms with Crippen molar-refractivity contribution in [3.8, 4) is 11.3 Å². The molecule has 2 aromatic carbocycles. The number of fused-ring (bicyclic) bond motifs is 3. The molecule has 22 heavy (non-hydrogen) atoms. The molecule has 0 atom stereocenters. The number of hydrogen-bond acceptors (Lipinski definition) is 2. The second kappa shape index (κ2) is 5.15. The molecule has 106 valence electrons. The maximum atomic E-state index is 6.15. The number of hydrogen-bond donors (Lipinski definition) is 0. The number of nitrogens with zero attached hydrogens (tertiary/aromatic N) is 1. The Bertz CT molecular complexity index is 981. The predicted octanol–water partition coefficient (Wildman–Crippen LogP) is 5.68. The molecule has 4 aromatic rings. The summed E-state index contributed by atoms with van der Waals surface area (Å²) in [5.74, 6) is 0. The van der Waals surface area contributed by atoms with Gasteiger partial charge in [0, 0.05) is 17.0 Å². The first-order valence-electron chi connectivity index (χ1n) is 7.37. The molecule has 0 aliphatic rings. The topological polar surface area (TPSA) is 26.0 Å². The van der Waals surface area contributed by atoms with Crippen molar-refractivity contribution in [2.45, 2.75) is 6.92 Å². The summed E-state index contributed by atoms with van der Waals surface area (Å²) in [4.78, 5) is 4.52. The smallest absolute Gasteiger partial charge is 0.145 e. The predicted molar refractivity (Wildman–Crippen MR) is 91.7 cm³/mol. The Morgan fingerprint density at radius 2 is 1.77 bits per heavy atom. The van der Waals surface area contributed by atoms with Gasteiger partial charge in [-0.15, -0.1) is 0 Å². The van der Waals surface area contributed by atoms with Crippen LogP contribution in [0.3, 0.4) is 0 Å². The first-order valence-corrected chi connectivity index (χ1v) is 7.37. The van der Waals surface area contributed by atoms with Crippen LogP contribution >= 0.6 is 0 Å². The Hall–Kier alpha value is -2.87. The molecule has 2 nitrogen and oxygen atoms in total. The quantitative estimate of drug-likeness (QED) is 0.473. The van der Waals surface area contributed by atoms with E-state index < -0.39 is 0 Å². The van der Waals surface area contributed by atoms with Gasteiger partial charge in [-0.25, -0.2) is 0 Å². The van der Waals surface area contributed by atoms with Crippen LogP contribution in [-0.4, -0.2) is 4.98 Å². The van der Waals surface area contributed by atoms with Crippen LogP contribution in [0.4, 0.5) is 0 Å². The highest BCUT2D eigenvalue weighted by molar-refractivity contribution is 6.10. The summed E-state index contributed by atoms with van der Waals surface area (Å²) < 4.78 is 6.15. The zero-order valence-corrected chi connectivity index (χ0v) is 12.3. The molecular weight excluding hydrogens is 270 g/mol. The summed E-state index contributed by atoms with van der Waals surface area (Å²) in [6.45, 7) is 2.02. The SMILES string of the molecule is C/C=C\c1ccc2c(oc3ccccc32)c1-c1ccccn1. The molecule has 2 heteroatoms. The number of pyridine rings is 1. The molecule has 0 aliphatic heterocycles. The maximum Gasteiger partial charge on any atom is 0.145 e. The third-order valence-electron chi connectivity index (χ3n) is 3.85. The first kappa shape index (κ1) is 12.8. The molecule has 0 N–H and O–H groups in total. The van der Waals surface area contributed by atoms with Gasteiger partial charge in [-0.1, -0.05) is 42.5 Å². The van der Waals surface area contributed by atoms with E-state index in [4.69, 9.17) is 4.42 Å². The Morgan fingerprint density at radius 1 is 0.909 bits per heavy atom. The van der Waals surface area contributed by atoms with Crippen molar-refractivity contribution in [2.24, 2.45) is 0 Å². The summed E-state index contributed by atoms with van der Waals surface area (Å²) in [6.07, 6.45) is 5.95. The normalized spacial score (nSPS) is 11.7. The third kappa shape index (κ3) is 1.92. The molecule has 0 saturated carbocycles. The van der Waals surface area contributed by atoms with Crippen molar-refractivity contribution >= 4 is 28.0 Å². The number of allylic oxidation sites excluding steroid dienone is 1. The van der Waals surface area contributed by atoms with E-state index in [1.165, 1.54) is 0 Å². The first-order chi connectivity index (χ1) is 10.9. The number of benzene rings is 2. The second-order valence-corrected chi connectivity index (χ2v) is 5.22. The summed E-state index contributed by atoms with van der Waals surface area (Å²) in [7, 11) is 0. The second-order valence-electron chi connectivity index (χ2n) is 5.22. The highest BCUT2D eigenvalue weighted by atomic mass is 16.3. The van der Waals surface area contributed by atoms with E-state index >= 15 is 0 Å². The Labute approximate surface area is 128 Å². The molecule has 0 spiro atoms. The van der Waals surface area contributed by atoms with Gasteiger partial charge in [0.15, 0.2) is 0 Å². The minimum Gasteiger partial charge on any atom is -0.455 e. The Balaban J connectivity index is 2.16. The lowest BCUT2D eigenvalue weighted by Crippen LogP contribution is -1.87. The van der Waals surface area contributed by atoms with E-state index in [-0.39, 0.29) is 0 Å². The highest BCUT2D eigenvalue weighted by Crippen LogP contribution is 2.37. The van der Waals surface area contributed by atoms with Crippen LogP contribution in [0.15, 0.2) is 71.3 Å². The molecule has 0 aliphatic carbocycles. The van der Waals surface area contributed by atoms with Crippen LogP contribution < -0.4 is 0 Å². The molecule has 0 fully saturated rings. The summed E-state index contributed by atoms with van der Waals surface area (Å²) in [6, 6.07) is 18.4. The summed E-state index contributed by atoms with van der Waals surface area (Å²) in [5, 5.41) is 2.27. The molecule has 4 rings (SSSR count). The molecule has 0 unspecified atom stereocenters. The van der Waals surface area contributed by atoms with E-state index in [2.05, 4.69) is 29.3 Å². The molecule has 0 amide bonds. The fourth-order valence-electron chi connectivity index (χ4n) is 2.90. The minimum atomic E-state index is 0.899. The van der Waals surface area contributed by atoms with E-state index in [0.717, 1.165) is 38.8 Å². The number of aromatic nitrogens is 1. The van der Waals surface area contributed by atoms with Crippen molar-refractivity contribution in [3.05, 3.63) is 72.4 Å². The van der Waals surface area contributed by atoms with Crippen LogP contribution in [0.5, 0.6) is 0 Å². The van der Waals surface area contributed by atoms with Gasteiger partial charge in [0.2, 0.25) is 0 Å². The number of para-hydroxylation sites is 1. The summed E-state index contributed by atoms with van der Waals surface area (Å²) in [5.41, 5.74) is 4.91. The van der Waals surface area contributed by atoms with Crippen LogP contribution in [0.1, 0.15) is 12.5 Å². The van der Waals surface area contributed by atoms with Crippen molar-refractivity contribution in [2.75, 3.05) is 0 Å². The fraction of sp³-hybridized carbons (Fsp3) is 0.0500. The molecule has 0 saturated heterocycles. The number of furan rings is 1. The average molecular weight is 285 g/mol. The monoisotopic (exact) mass is 285 g/mol. The minimum absolute atomic E-state index is 0.899. The highest BCUT2D eigenvalue weighted by Gasteiger charge is 2.15. The van der Waals surface area contributed by atoms with E-state index in [0.29, 0.717) is 0 Å². The lowest BCUT2D eigenvalue weighted by Gasteiger charge is -2.06. The van der Waals surface area contributed by atoms with Crippen LogP contribution in [0, 0.1) is 0 Å². The fourth-order valence-corrected chi connectivity index (χ4v) is 2.90. The molecular formula is C20H15NO. The van der Waals surface area contributed by atoms with E-state index in [1.807, 2.05) is 55.6 Å². The van der Waals surface area contributed by atoms with Crippen molar-refractivity contribution in [3.63, 3.8) is 0 Å². The standard InChI is InChI=1S/C20H15NO/c1-2-7-14-11-12-16-15-8-3-4-10-18(15)22-20(16)19(14)17-9-5-6-13-21-17/h2-13H,1H3/b7-2-. The van der Waals surface area contributed by atoms with Crippen molar-refractivity contribution in [1.29, 1.82) is 0 Å². The molecule has 2 aromatic heterocycles. The van der Waals surface area contributed by atoms with Crippen LogP contribution in [-0.2, 0) is 0 Å². The molecule has 0 radical (unpaired) electrons. The Kier molecular flexibility index (Phi) is 3.01. The molecule has 0 bridgehead atoms. The zero-order valence-electron chi connectivity index (χ0n) is 12.3. The van der Waals surface area contributed by atoms with Gasteiger partial charge in [0.25, 0.3) is 0 Å². The van der Waals surface area contributed by atoms with E-state index in [1.54, 1.807) is 0 Å². The lowest BCUT2D eigenvalue weighted by molar-refractivity contribution is 0.669. The number of rotatable bonds is 2. The summed E-state index contributed by atoms with van der Waals surface area (Å²) >= 11 is 0. The van der Waals surface area contributed by atoms with Crippen LogP contribution in [0.25, 0.3) is 39.3 Å². The van der Waals surface area contributed by atoms with E-state index in [9.17, 15) is 0 Å². The Morgan fingerprint density at radius 3 is 2.59 bits per heavy atom. The zero-order chi connectivity index (χ0) is 14.9. The van der Waals surface area contributed by atoms with Gasteiger partial charge < -0.3 is 4.42 Å². The van der Waals surface area contributed by atoms with Gasteiger partial charge in [-0.2, -0.15) is 0 Å². The lowest BCUT2D eigenvalue weighted by atomic mass is 9.99. The van der Waals surface area contributed by atoms with Gasteiger partial charge in [-0.3, -0.25) is 4.98 Å². The maximum absolute atomic E-state index is 6.15. The van der Waals surface area contributed by atoms with Gasteiger partial charge in [0.05, 0.1) is 11.3 Å². The van der Waals surface area contributed by atoms with Gasteiger partial charge in [0.1, 0.15) is 11.2 Å². The third-order valence-corrected chi connectivity index (χ3v) is 3.85. The van der Waals surface area contributed by atoms with Gasteiger partial charge in [-0.05, 0) is 36.8 Å².